The number of thiazole rings is 1. The van der Waals surface area contributed by atoms with E-state index in [-0.39, 0.29) is 0 Å². The highest BCUT2D eigenvalue weighted by molar-refractivity contribution is 7.21. The summed E-state index contributed by atoms with van der Waals surface area (Å²) in [4.78, 5) is 4.42. The molecular formula is C18H16ClN5S. The molecule has 1 N–H and O–H groups in total. The Bertz CT molecular complexity index is 911. The maximum Gasteiger partial charge on any atom is 0.231 e. The van der Waals surface area contributed by atoms with Gasteiger partial charge in [0.15, 0.2) is 0 Å². The first-order valence-corrected chi connectivity index (χ1v) is 9.08. The molecule has 2 aromatic carbocycles. The van der Waals surface area contributed by atoms with Crippen LogP contribution in [0.3, 0.4) is 0 Å². The molecule has 0 saturated heterocycles. The van der Waals surface area contributed by atoms with Crippen LogP contribution >= 0.6 is 22.9 Å². The predicted octanol–water partition coefficient (Wildman–Crippen LogP) is 5.41. The highest BCUT2D eigenvalue weighted by Crippen LogP contribution is 2.31. The maximum absolute atomic E-state index is 8.48. The second-order valence-electron chi connectivity index (χ2n) is 5.38. The third-order valence-electron chi connectivity index (χ3n) is 3.53. The molecule has 0 fully saturated rings. The number of fused-ring (bicyclic) bond motifs is 1. The van der Waals surface area contributed by atoms with Crippen molar-refractivity contribution >= 4 is 44.0 Å². The van der Waals surface area contributed by atoms with Crippen LogP contribution in [-0.4, -0.2) is 18.1 Å². The molecule has 1 heterocycles. The predicted molar refractivity (Wildman–Crippen MR) is 102 cm³/mol. The van der Waals surface area contributed by atoms with Crippen molar-refractivity contribution in [2.75, 3.05) is 13.1 Å². The molecule has 1 aromatic heterocycles. The summed E-state index contributed by atoms with van der Waals surface area (Å²) in [5.41, 5.74) is 2.89. The van der Waals surface area contributed by atoms with Crippen molar-refractivity contribution in [2.24, 2.45) is 10.2 Å². The van der Waals surface area contributed by atoms with Crippen LogP contribution in [0, 0.1) is 11.3 Å². The lowest BCUT2D eigenvalue weighted by Crippen LogP contribution is -2.17. The summed E-state index contributed by atoms with van der Waals surface area (Å²) in [6.07, 6.45) is 1.46. The molecule has 5 nitrogen and oxygen atoms in total. The number of rotatable bonds is 7. The van der Waals surface area contributed by atoms with Crippen LogP contribution in [0.1, 0.15) is 12.0 Å². The van der Waals surface area contributed by atoms with Crippen LogP contribution in [0.5, 0.6) is 0 Å². The van der Waals surface area contributed by atoms with Crippen LogP contribution < -0.4 is 5.32 Å². The standard InChI is InChI=1S/C18H16ClN5S/c19-14-4-7-16-17(12-14)25-18(22-16)24-23-15-5-2-13(3-6-15)8-11-21-10-1-9-20/h2-7,12,21H,1,8,10-11H2. The molecule has 0 spiro atoms. The SMILES string of the molecule is N#CCCNCCc1ccc(N=Nc2nc3ccc(Cl)cc3s2)cc1. The van der Waals surface area contributed by atoms with E-state index in [0.29, 0.717) is 16.6 Å². The smallest absolute Gasteiger partial charge is 0.231 e. The Hall–Kier alpha value is -2.33. The zero-order valence-corrected chi connectivity index (χ0v) is 15.0. The van der Waals surface area contributed by atoms with Gasteiger partial charge in [-0.05, 0) is 48.9 Å². The summed E-state index contributed by atoms with van der Waals surface area (Å²) in [6, 6.07) is 15.7. The van der Waals surface area contributed by atoms with Gasteiger partial charge in [-0.3, -0.25) is 0 Å². The number of nitrogens with one attached hydrogen (secondary N) is 1. The monoisotopic (exact) mass is 369 g/mol. The summed E-state index contributed by atoms with van der Waals surface area (Å²) in [5.74, 6) is 0. The number of halogens is 1. The zero-order chi connectivity index (χ0) is 17.5. The quantitative estimate of drug-likeness (QED) is 0.447. The van der Waals surface area contributed by atoms with Crippen LogP contribution in [0.4, 0.5) is 10.8 Å². The molecule has 0 atom stereocenters. The minimum absolute atomic E-state index is 0.539. The van der Waals surface area contributed by atoms with Gasteiger partial charge in [0, 0.05) is 18.0 Å². The Morgan fingerprint density at radius 2 is 1.96 bits per heavy atom. The molecule has 0 amide bonds. The number of azo groups is 1. The normalized spacial score (nSPS) is 11.2. The molecule has 0 radical (unpaired) electrons. The number of nitrogens with zero attached hydrogens (tertiary/aromatic N) is 4. The van der Waals surface area contributed by atoms with E-state index in [1.54, 1.807) is 0 Å². The molecule has 0 aliphatic rings. The average molecular weight is 370 g/mol. The lowest BCUT2D eigenvalue weighted by Gasteiger charge is -2.02. The van der Waals surface area contributed by atoms with Gasteiger partial charge in [0.2, 0.25) is 5.13 Å². The van der Waals surface area contributed by atoms with E-state index >= 15 is 0 Å². The highest BCUT2D eigenvalue weighted by Gasteiger charge is 2.03. The first-order chi connectivity index (χ1) is 12.2. The van der Waals surface area contributed by atoms with Gasteiger partial charge in [-0.25, -0.2) is 4.98 Å². The molecule has 0 unspecified atom stereocenters. The van der Waals surface area contributed by atoms with Gasteiger partial charge in [-0.15, -0.1) is 10.2 Å². The van der Waals surface area contributed by atoms with Gasteiger partial charge in [0.05, 0.1) is 22.0 Å². The fourth-order valence-corrected chi connectivity index (χ4v) is 3.32. The first-order valence-electron chi connectivity index (χ1n) is 7.89. The van der Waals surface area contributed by atoms with E-state index in [9.17, 15) is 0 Å². The molecule has 3 aromatic rings. The number of nitriles is 1. The number of benzene rings is 2. The van der Waals surface area contributed by atoms with Crippen LogP contribution in [-0.2, 0) is 6.42 Å². The van der Waals surface area contributed by atoms with E-state index in [4.69, 9.17) is 16.9 Å². The third-order valence-corrected chi connectivity index (χ3v) is 4.67. The molecule has 0 aliphatic carbocycles. The fraction of sp³-hybridized carbons (Fsp3) is 0.222. The molecule has 3 rings (SSSR count). The number of hydrogen-bond acceptors (Lipinski definition) is 6. The van der Waals surface area contributed by atoms with E-state index in [2.05, 4.69) is 26.6 Å². The average Bonchev–Trinajstić information content (AvgIpc) is 3.03. The van der Waals surface area contributed by atoms with E-state index in [1.165, 1.54) is 16.9 Å². The summed E-state index contributed by atoms with van der Waals surface area (Å²) in [7, 11) is 0. The van der Waals surface area contributed by atoms with Crippen molar-refractivity contribution in [2.45, 2.75) is 12.8 Å². The van der Waals surface area contributed by atoms with Crippen molar-refractivity contribution in [3.05, 3.63) is 53.1 Å². The lowest BCUT2D eigenvalue weighted by atomic mass is 10.1. The molecule has 7 heteroatoms. The molecule has 25 heavy (non-hydrogen) atoms. The van der Waals surface area contributed by atoms with E-state index < -0.39 is 0 Å². The van der Waals surface area contributed by atoms with Crippen LogP contribution in [0.2, 0.25) is 5.02 Å². The van der Waals surface area contributed by atoms with Crippen molar-refractivity contribution in [1.82, 2.24) is 10.3 Å². The molecule has 0 saturated carbocycles. The minimum Gasteiger partial charge on any atom is -0.315 e. The van der Waals surface area contributed by atoms with E-state index in [1.807, 2.05) is 42.5 Å². The van der Waals surface area contributed by atoms with E-state index in [0.717, 1.165) is 35.4 Å². The number of aromatic nitrogens is 1. The maximum atomic E-state index is 8.48. The fourth-order valence-electron chi connectivity index (χ4n) is 2.26. The second-order valence-corrected chi connectivity index (χ2v) is 6.83. The Morgan fingerprint density at radius 1 is 1.12 bits per heavy atom. The highest BCUT2D eigenvalue weighted by atomic mass is 35.5. The van der Waals surface area contributed by atoms with Crippen molar-refractivity contribution in [3.8, 4) is 6.07 Å². The Labute approximate surface area is 155 Å². The summed E-state index contributed by atoms with van der Waals surface area (Å²) >= 11 is 7.45. The number of hydrogen-bond donors (Lipinski definition) is 1. The van der Waals surface area contributed by atoms with Crippen molar-refractivity contribution in [1.29, 1.82) is 5.26 Å². The third kappa shape index (κ3) is 5.07. The summed E-state index contributed by atoms with van der Waals surface area (Å²) in [5, 5.41) is 21.5. The van der Waals surface area contributed by atoms with Gasteiger partial charge in [0.1, 0.15) is 0 Å². The van der Waals surface area contributed by atoms with Crippen LogP contribution in [0.15, 0.2) is 52.7 Å². The van der Waals surface area contributed by atoms with Gasteiger partial charge in [-0.2, -0.15) is 5.26 Å². The molecular weight excluding hydrogens is 354 g/mol. The topological polar surface area (TPSA) is 73.4 Å². The molecule has 0 bridgehead atoms. The van der Waals surface area contributed by atoms with Gasteiger partial charge in [-0.1, -0.05) is 35.1 Å². The second kappa shape index (κ2) is 8.67. The van der Waals surface area contributed by atoms with Gasteiger partial charge >= 0.3 is 0 Å². The first kappa shape index (κ1) is 17.5. The van der Waals surface area contributed by atoms with Crippen molar-refractivity contribution < 1.29 is 0 Å². The van der Waals surface area contributed by atoms with Gasteiger partial charge < -0.3 is 5.32 Å². The van der Waals surface area contributed by atoms with Gasteiger partial charge in [0.25, 0.3) is 0 Å². The largest absolute Gasteiger partial charge is 0.315 e. The van der Waals surface area contributed by atoms with Crippen molar-refractivity contribution in [3.63, 3.8) is 0 Å². The molecule has 126 valence electrons. The minimum atomic E-state index is 0.539. The Kier molecular flexibility index (Phi) is 6.07. The Morgan fingerprint density at radius 3 is 2.76 bits per heavy atom. The molecule has 0 aliphatic heterocycles. The lowest BCUT2D eigenvalue weighted by molar-refractivity contribution is 0.692. The van der Waals surface area contributed by atoms with Crippen LogP contribution in [0.25, 0.3) is 10.2 Å². The zero-order valence-electron chi connectivity index (χ0n) is 13.4. The Balaban J connectivity index is 1.58. The summed E-state index contributed by atoms with van der Waals surface area (Å²) in [6.45, 7) is 1.59. The summed E-state index contributed by atoms with van der Waals surface area (Å²) < 4.78 is 1.00.